The zero-order valence-electron chi connectivity index (χ0n) is 11.8. The first kappa shape index (κ1) is 15.2. The lowest BCUT2D eigenvalue weighted by atomic mass is 10.2. The normalized spacial score (nSPS) is 15.0. The molecular weight excluding hydrogens is 272 g/mol. The number of nitrogens with one attached hydrogen (secondary N) is 1. The predicted octanol–water partition coefficient (Wildman–Crippen LogP) is 0.723. The van der Waals surface area contributed by atoms with Crippen LogP contribution in [0.5, 0.6) is 0 Å². The van der Waals surface area contributed by atoms with Gasteiger partial charge < -0.3 is 21.0 Å². The molecule has 114 valence electrons. The van der Waals surface area contributed by atoms with Crippen LogP contribution in [0, 0.1) is 5.92 Å². The standard InChI is InChI=1S/C14H20N4O3/c15-13(18-20)11-4-5-12(17-8-11)14(19)16-6-1-7-21-9-10-2-3-10/h4-5,8,10,20H,1-3,6-7,9H2,(H2,15,18)(H,16,19). The Hall–Kier alpha value is -2.15. The highest BCUT2D eigenvalue weighted by Crippen LogP contribution is 2.28. The average Bonchev–Trinajstić information content (AvgIpc) is 3.34. The van der Waals surface area contributed by atoms with Gasteiger partial charge in [0.15, 0.2) is 5.84 Å². The van der Waals surface area contributed by atoms with Gasteiger partial charge in [-0.05, 0) is 37.3 Å². The molecule has 7 nitrogen and oxygen atoms in total. The lowest BCUT2D eigenvalue weighted by Crippen LogP contribution is -2.26. The van der Waals surface area contributed by atoms with Crippen LogP contribution in [0.15, 0.2) is 23.5 Å². The van der Waals surface area contributed by atoms with E-state index in [-0.39, 0.29) is 11.7 Å². The van der Waals surface area contributed by atoms with Gasteiger partial charge in [0, 0.05) is 31.5 Å². The number of nitrogens with zero attached hydrogens (tertiary/aromatic N) is 2. The highest BCUT2D eigenvalue weighted by molar-refractivity contribution is 5.98. The minimum Gasteiger partial charge on any atom is -0.409 e. The summed E-state index contributed by atoms with van der Waals surface area (Å²) >= 11 is 0. The number of carbonyl (C=O) groups excluding carboxylic acids is 1. The molecule has 2 rings (SSSR count). The lowest BCUT2D eigenvalue weighted by molar-refractivity contribution is 0.0932. The molecule has 0 unspecified atom stereocenters. The van der Waals surface area contributed by atoms with Crippen LogP contribution in [-0.2, 0) is 4.74 Å². The van der Waals surface area contributed by atoms with Crippen molar-refractivity contribution in [1.29, 1.82) is 0 Å². The first-order chi connectivity index (χ1) is 10.2. The number of hydrogen-bond acceptors (Lipinski definition) is 5. The Morgan fingerprint density at radius 3 is 2.95 bits per heavy atom. The number of amides is 1. The van der Waals surface area contributed by atoms with Crippen LogP contribution in [0.2, 0.25) is 0 Å². The summed E-state index contributed by atoms with van der Waals surface area (Å²) in [4.78, 5) is 15.8. The van der Waals surface area contributed by atoms with Gasteiger partial charge in [-0.1, -0.05) is 5.16 Å². The molecule has 0 atom stereocenters. The number of oxime groups is 1. The molecule has 0 spiro atoms. The SMILES string of the molecule is N/C(=N/O)c1ccc(C(=O)NCCCOCC2CC2)nc1. The van der Waals surface area contributed by atoms with Crippen molar-refractivity contribution in [2.24, 2.45) is 16.8 Å². The van der Waals surface area contributed by atoms with Crippen molar-refractivity contribution >= 4 is 11.7 Å². The third kappa shape index (κ3) is 5.03. The second-order valence-electron chi connectivity index (χ2n) is 5.05. The zero-order chi connectivity index (χ0) is 15.1. The monoisotopic (exact) mass is 292 g/mol. The Kier molecular flexibility index (Phi) is 5.51. The van der Waals surface area contributed by atoms with Crippen molar-refractivity contribution in [2.45, 2.75) is 19.3 Å². The van der Waals surface area contributed by atoms with E-state index < -0.39 is 0 Å². The molecule has 1 aromatic rings. The maximum atomic E-state index is 11.8. The van der Waals surface area contributed by atoms with Gasteiger partial charge in [0.25, 0.3) is 5.91 Å². The van der Waals surface area contributed by atoms with E-state index in [0.717, 1.165) is 18.9 Å². The zero-order valence-corrected chi connectivity index (χ0v) is 11.8. The molecule has 7 heteroatoms. The Morgan fingerprint density at radius 1 is 1.52 bits per heavy atom. The van der Waals surface area contributed by atoms with E-state index >= 15 is 0 Å². The van der Waals surface area contributed by atoms with Crippen LogP contribution in [-0.4, -0.2) is 41.7 Å². The molecule has 0 bridgehead atoms. The van der Waals surface area contributed by atoms with Crippen LogP contribution in [0.1, 0.15) is 35.3 Å². The number of nitrogens with two attached hydrogens (primary N) is 1. The second-order valence-corrected chi connectivity index (χ2v) is 5.05. The Balaban J connectivity index is 1.67. The summed E-state index contributed by atoms with van der Waals surface area (Å²) in [6.45, 7) is 2.05. The quantitative estimate of drug-likeness (QED) is 0.215. The van der Waals surface area contributed by atoms with Gasteiger partial charge in [-0.2, -0.15) is 0 Å². The number of amidine groups is 1. The number of carbonyl (C=O) groups is 1. The topological polar surface area (TPSA) is 110 Å². The summed E-state index contributed by atoms with van der Waals surface area (Å²) in [5.74, 6) is 0.475. The van der Waals surface area contributed by atoms with Gasteiger partial charge in [-0.3, -0.25) is 9.78 Å². The number of rotatable bonds is 8. The molecule has 1 aliphatic carbocycles. The summed E-state index contributed by atoms with van der Waals surface area (Å²) in [6, 6.07) is 3.11. The maximum absolute atomic E-state index is 11.8. The third-order valence-electron chi connectivity index (χ3n) is 3.20. The Labute approximate surface area is 123 Å². The maximum Gasteiger partial charge on any atom is 0.269 e. The highest BCUT2D eigenvalue weighted by Gasteiger charge is 2.20. The summed E-state index contributed by atoms with van der Waals surface area (Å²) in [7, 11) is 0. The Morgan fingerprint density at radius 2 is 2.33 bits per heavy atom. The molecule has 1 heterocycles. The number of pyridine rings is 1. The van der Waals surface area contributed by atoms with Gasteiger partial charge in [-0.15, -0.1) is 0 Å². The summed E-state index contributed by atoms with van der Waals surface area (Å²) in [6.07, 6.45) is 4.73. The van der Waals surface area contributed by atoms with Crippen LogP contribution in [0.3, 0.4) is 0 Å². The predicted molar refractivity (Wildman–Crippen MR) is 77.2 cm³/mol. The van der Waals surface area contributed by atoms with Crippen LogP contribution >= 0.6 is 0 Å². The molecule has 1 fully saturated rings. The van der Waals surface area contributed by atoms with Crippen molar-refractivity contribution in [3.63, 3.8) is 0 Å². The van der Waals surface area contributed by atoms with Crippen LogP contribution < -0.4 is 11.1 Å². The summed E-state index contributed by atoms with van der Waals surface area (Å²) in [5.41, 5.74) is 6.17. The Bertz CT molecular complexity index is 497. The molecule has 0 aromatic carbocycles. The molecule has 1 saturated carbocycles. The van der Waals surface area contributed by atoms with E-state index in [2.05, 4.69) is 15.5 Å². The highest BCUT2D eigenvalue weighted by atomic mass is 16.5. The van der Waals surface area contributed by atoms with Crippen molar-refractivity contribution in [2.75, 3.05) is 19.8 Å². The van der Waals surface area contributed by atoms with E-state index in [1.165, 1.54) is 25.1 Å². The van der Waals surface area contributed by atoms with Crippen molar-refractivity contribution in [3.05, 3.63) is 29.6 Å². The summed E-state index contributed by atoms with van der Waals surface area (Å²) in [5, 5.41) is 14.2. The fourth-order valence-corrected chi connectivity index (χ4v) is 1.74. The van der Waals surface area contributed by atoms with Gasteiger partial charge in [-0.25, -0.2) is 0 Å². The molecule has 21 heavy (non-hydrogen) atoms. The van der Waals surface area contributed by atoms with Crippen LogP contribution in [0.4, 0.5) is 0 Å². The van der Waals surface area contributed by atoms with E-state index in [0.29, 0.717) is 24.4 Å². The van der Waals surface area contributed by atoms with Crippen molar-refractivity contribution in [1.82, 2.24) is 10.3 Å². The van der Waals surface area contributed by atoms with Gasteiger partial charge in [0.1, 0.15) is 5.69 Å². The minimum atomic E-state index is -0.247. The van der Waals surface area contributed by atoms with Gasteiger partial charge in [0.2, 0.25) is 0 Å². The first-order valence-corrected chi connectivity index (χ1v) is 7.00. The van der Waals surface area contributed by atoms with E-state index in [4.69, 9.17) is 15.7 Å². The molecule has 1 aromatic heterocycles. The number of ether oxygens (including phenoxy) is 1. The molecular formula is C14H20N4O3. The smallest absolute Gasteiger partial charge is 0.269 e. The third-order valence-corrected chi connectivity index (χ3v) is 3.20. The molecule has 1 amide bonds. The van der Waals surface area contributed by atoms with Gasteiger partial charge >= 0.3 is 0 Å². The molecule has 0 saturated heterocycles. The fourth-order valence-electron chi connectivity index (χ4n) is 1.74. The van der Waals surface area contributed by atoms with Crippen molar-refractivity contribution < 1.29 is 14.7 Å². The molecule has 0 radical (unpaired) electrons. The molecule has 4 N–H and O–H groups in total. The largest absolute Gasteiger partial charge is 0.409 e. The second kappa shape index (κ2) is 7.58. The van der Waals surface area contributed by atoms with Crippen LogP contribution in [0.25, 0.3) is 0 Å². The average molecular weight is 292 g/mol. The van der Waals surface area contributed by atoms with Gasteiger partial charge in [0.05, 0.1) is 0 Å². The fraction of sp³-hybridized carbons (Fsp3) is 0.500. The van der Waals surface area contributed by atoms with E-state index in [1.54, 1.807) is 6.07 Å². The number of aromatic nitrogens is 1. The van der Waals surface area contributed by atoms with E-state index in [9.17, 15) is 4.79 Å². The first-order valence-electron chi connectivity index (χ1n) is 7.00. The minimum absolute atomic E-state index is 0.0396. The van der Waals surface area contributed by atoms with E-state index in [1.807, 2.05) is 0 Å². The number of hydrogen-bond donors (Lipinski definition) is 3. The lowest BCUT2D eigenvalue weighted by Gasteiger charge is -2.06. The molecule has 0 aliphatic heterocycles. The molecule has 1 aliphatic rings. The van der Waals surface area contributed by atoms with Crippen molar-refractivity contribution in [3.8, 4) is 0 Å². The summed E-state index contributed by atoms with van der Waals surface area (Å²) < 4.78 is 5.48.